The summed E-state index contributed by atoms with van der Waals surface area (Å²) in [5.74, 6) is 2.59. The van der Waals surface area contributed by atoms with E-state index in [1.807, 2.05) is 30.8 Å². The van der Waals surface area contributed by atoms with E-state index in [0.717, 1.165) is 22.6 Å². The minimum absolute atomic E-state index is 0.268. The Hall–Kier alpha value is -1.75. The van der Waals surface area contributed by atoms with E-state index in [1.165, 1.54) is 6.26 Å². The van der Waals surface area contributed by atoms with Gasteiger partial charge in [0, 0.05) is 17.5 Å². The lowest BCUT2D eigenvalue weighted by molar-refractivity contribution is 0.0995. The summed E-state index contributed by atoms with van der Waals surface area (Å²) in [6, 6.07) is 5.60. The predicted molar refractivity (Wildman–Crippen MR) is 77.5 cm³/mol. The molecule has 2 aromatic rings. The third-order valence-electron chi connectivity index (χ3n) is 2.61. The van der Waals surface area contributed by atoms with Crippen molar-refractivity contribution in [2.45, 2.75) is 19.6 Å². The number of pyridine rings is 1. The molecule has 100 valence electrons. The summed E-state index contributed by atoms with van der Waals surface area (Å²) in [5, 5.41) is 2.75. The molecule has 1 amide bonds. The molecule has 19 heavy (non-hydrogen) atoms. The molecule has 0 unspecified atom stereocenters. The molecule has 2 aromatic heterocycles. The molecular weight excluding hydrogens is 260 g/mol. The highest BCUT2D eigenvalue weighted by molar-refractivity contribution is 7.98. The maximum atomic E-state index is 12.0. The lowest BCUT2D eigenvalue weighted by atomic mass is 10.2. The highest BCUT2D eigenvalue weighted by atomic mass is 32.2. The first-order chi connectivity index (χ1) is 9.20. The molecule has 0 aliphatic rings. The molecule has 0 aliphatic heterocycles. The van der Waals surface area contributed by atoms with Gasteiger partial charge in [-0.05, 0) is 36.4 Å². The molecule has 2 heterocycles. The first-order valence-electron chi connectivity index (χ1n) is 6.09. The average Bonchev–Trinajstić information content (AvgIpc) is 2.83. The summed E-state index contributed by atoms with van der Waals surface area (Å²) in [6.07, 6.45) is 3.21. The molecule has 0 atom stereocenters. The number of aromatic nitrogens is 1. The van der Waals surface area contributed by atoms with Crippen LogP contribution in [0.4, 0.5) is 5.82 Å². The van der Waals surface area contributed by atoms with E-state index < -0.39 is 0 Å². The van der Waals surface area contributed by atoms with Gasteiger partial charge in [-0.3, -0.25) is 4.79 Å². The van der Waals surface area contributed by atoms with Crippen molar-refractivity contribution in [1.29, 1.82) is 0 Å². The van der Waals surface area contributed by atoms with E-state index >= 15 is 0 Å². The van der Waals surface area contributed by atoms with Crippen molar-refractivity contribution in [3.05, 3.63) is 47.5 Å². The second-order valence-corrected chi connectivity index (χ2v) is 5.35. The van der Waals surface area contributed by atoms with Gasteiger partial charge in [-0.2, -0.15) is 11.8 Å². The number of carbonyl (C=O) groups excluding carboxylic acids is 1. The molecule has 0 spiro atoms. The van der Waals surface area contributed by atoms with Crippen LogP contribution in [-0.2, 0) is 5.75 Å². The molecule has 4 nitrogen and oxygen atoms in total. The van der Waals surface area contributed by atoms with E-state index in [-0.39, 0.29) is 5.91 Å². The van der Waals surface area contributed by atoms with Crippen LogP contribution < -0.4 is 5.32 Å². The van der Waals surface area contributed by atoms with Crippen molar-refractivity contribution >= 4 is 23.5 Å². The highest BCUT2D eigenvalue weighted by Gasteiger charge is 2.13. The number of hydrogen-bond donors (Lipinski definition) is 1. The second-order valence-electron chi connectivity index (χ2n) is 4.07. The van der Waals surface area contributed by atoms with E-state index in [1.54, 1.807) is 12.3 Å². The van der Waals surface area contributed by atoms with E-state index in [4.69, 9.17) is 4.42 Å². The Morgan fingerprint density at radius 3 is 3.00 bits per heavy atom. The quantitative estimate of drug-likeness (QED) is 0.908. The van der Waals surface area contributed by atoms with Gasteiger partial charge in [-0.15, -0.1) is 0 Å². The van der Waals surface area contributed by atoms with Crippen LogP contribution in [0, 0.1) is 6.92 Å². The first-order valence-corrected chi connectivity index (χ1v) is 7.24. The topological polar surface area (TPSA) is 55.1 Å². The Bertz CT molecular complexity index is 566. The molecule has 0 saturated heterocycles. The number of furan rings is 1. The van der Waals surface area contributed by atoms with E-state index in [2.05, 4.69) is 17.2 Å². The largest absolute Gasteiger partial charge is 0.459 e. The molecule has 0 saturated carbocycles. The zero-order chi connectivity index (χ0) is 13.7. The van der Waals surface area contributed by atoms with Crippen molar-refractivity contribution < 1.29 is 9.21 Å². The summed E-state index contributed by atoms with van der Waals surface area (Å²) < 4.78 is 5.15. The Balaban J connectivity index is 2.07. The van der Waals surface area contributed by atoms with Crippen LogP contribution in [0.15, 0.2) is 35.1 Å². The van der Waals surface area contributed by atoms with Crippen molar-refractivity contribution in [2.24, 2.45) is 0 Å². The molecule has 0 aliphatic carbocycles. The minimum Gasteiger partial charge on any atom is -0.459 e. The lowest BCUT2D eigenvalue weighted by Gasteiger charge is -2.05. The van der Waals surface area contributed by atoms with Gasteiger partial charge in [0.05, 0.1) is 6.26 Å². The van der Waals surface area contributed by atoms with E-state index in [9.17, 15) is 4.79 Å². The van der Waals surface area contributed by atoms with Crippen molar-refractivity contribution in [2.75, 3.05) is 11.1 Å². The van der Waals surface area contributed by atoms with Gasteiger partial charge < -0.3 is 9.73 Å². The van der Waals surface area contributed by atoms with Gasteiger partial charge in [0.2, 0.25) is 0 Å². The van der Waals surface area contributed by atoms with Crippen LogP contribution in [0.3, 0.4) is 0 Å². The maximum absolute atomic E-state index is 12.0. The highest BCUT2D eigenvalue weighted by Crippen LogP contribution is 2.16. The number of nitrogens with one attached hydrogen (secondary N) is 1. The van der Waals surface area contributed by atoms with Crippen LogP contribution in [0.25, 0.3) is 0 Å². The third kappa shape index (κ3) is 3.61. The van der Waals surface area contributed by atoms with Gasteiger partial charge in [0.15, 0.2) is 5.76 Å². The number of amides is 1. The molecule has 5 heteroatoms. The fourth-order valence-corrected chi connectivity index (χ4v) is 2.25. The fourth-order valence-electron chi connectivity index (χ4n) is 1.63. The second kappa shape index (κ2) is 6.43. The average molecular weight is 276 g/mol. The first kappa shape index (κ1) is 13.7. The third-order valence-corrected chi connectivity index (χ3v) is 3.55. The Morgan fingerprint density at radius 1 is 1.47 bits per heavy atom. The normalized spacial score (nSPS) is 10.4. The van der Waals surface area contributed by atoms with Crippen molar-refractivity contribution in [1.82, 2.24) is 4.98 Å². The summed E-state index contributed by atoms with van der Waals surface area (Å²) in [4.78, 5) is 16.1. The van der Waals surface area contributed by atoms with Crippen LogP contribution in [0.1, 0.15) is 28.6 Å². The number of anilines is 1. The van der Waals surface area contributed by atoms with Crippen LogP contribution >= 0.6 is 11.8 Å². The zero-order valence-corrected chi connectivity index (χ0v) is 11.8. The fraction of sp³-hybridized carbons (Fsp3) is 0.286. The number of carbonyl (C=O) groups is 1. The molecule has 1 N–H and O–H groups in total. The Kier molecular flexibility index (Phi) is 4.63. The molecule has 2 rings (SSSR count). The smallest absolute Gasteiger partial charge is 0.292 e. The summed E-state index contributed by atoms with van der Waals surface area (Å²) in [5.41, 5.74) is 1.96. The SMILES string of the molecule is CCSCc1ccnc(NC(=O)c2occc2C)c1. The standard InChI is InChI=1S/C14H16N2O2S/c1-3-19-9-11-4-6-15-12(8-11)16-14(17)13-10(2)5-7-18-13/h4-8H,3,9H2,1-2H3,(H,15,16,17). The minimum atomic E-state index is -0.268. The van der Waals surface area contributed by atoms with Crippen molar-refractivity contribution in [3.63, 3.8) is 0 Å². The number of hydrogen-bond acceptors (Lipinski definition) is 4. The predicted octanol–water partition coefficient (Wildman–Crippen LogP) is 3.49. The monoisotopic (exact) mass is 276 g/mol. The molecular formula is C14H16N2O2S. The number of nitrogens with zero attached hydrogens (tertiary/aromatic N) is 1. The number of aryl methyl sites for hydroxylation is 1. The van der Waals surface area contributed by atoms with Crippen molar-refractivity contribution in [3.8, 4) is 0 Å². The van der Waals surface area contributed by atoms with Gasteiger partial charge in [-0.25, -0.2) is 4.98 Å². The Morgan fingerprint density at radius 2 is 2.32 bits per heavy atom. The van der Waals surface area contributed by atoms with Crippen LogP contribution in [0.2, 0.25) is 0 Å². The number of rotatable bonds is 5. The van der Waals surface area contributed by atoms with Gasteiger partial charge in [0.1, 0.15) is 5.82 Å². The molecule has 0 radical (unpaired) electrons. The zero-order valence-electron chi connectivity index (χ0n) is 11.0. The van der Waals surface area contributed by atoms with Gasteiger partial charge >= 0.3 is 0 Å². The molecule has 0 bridgehead atoms. The van der Waals surface area contributed by atoms with Gasteiger partial charge in [-0.1, -0.05) is 6.92 Å². The molecule has 0 fully saturated rings. The summed E-state index contributed by atoms with van der Waals surface area (Å²) in [6.45, 7) is 3.95. The van der Waals surface area contributed by atoms with Crippen LogP contribution in [0.5, 0.6) is 0 Å². The number of thioether (sulfide) groups is 1. The van der Waals surface area contributed by atoms with Gasteiger partial charge in [0.25, 0.3) is 5.91 Å². The summed E-state index contributed by atoms with van der Waals surface area (Å²) in [7, 11) is 0. The molecule has 0 aromatic carbocycles. The van der Waals surface area contributed by atoms with Crippen LogP contribution in [-0.4, -0.2) is 16.6 Å². The summed E-state index contributed by atoms with van der Waals surface area (Å²) >= 11 is 1.83. The maximum Gasteiger partial charge on any atom is 0.292 e. The lowest BCUT2D eigenvalue weighted by Crippen LogP contribution is -2.13. The Labute approximate surface area is 116 Å². The van der Waals surface area contributed by atoms with E-state index in [0.29, 0.717) is 11.6 Å².